The lowest BCUT2D eigenvalue weighted by Crippen LogP contribution is -2.31. The Morgan fingerprint density at radius 3 is 2.59 bits per heavy atom. The van der Waals surface area contributed by atoms with Gasteiger partial charge in [-0.15, -0.1) is 11.3 Å². The molecule has 1 amide bonds. The summed E-state index contributed by atoms with van der Waals surface area (Å²) < 4.78 is 0.864. The summed E-state index contributed by atoms with van der Waals surface area (Å²) in [7, 11) is 0. The van der Waals surface area contributed by atoms with Gasteiger partial charge in [-0.1, -0.05) is 52.3 Å². The molecule has 0 aliphatic carbocycles. The first-order valence-electron chi connectivity index (χ1n) is 10.2. The molecule has 2 aromatic carbocycles. The lowest BCUT2D eigenvalue weighted by atomic mass is 10.00. The number of nitrogens with one attached hydrogen (secondary N) is 1. The highest BCUT2D eigenvalue weighted by Crippen LogP contribution is 2.41. The number of carbonyl (C=O) groups is 2. The van der Waals surface area contributed by atoms with Crippen molar-refractivity contribution in [2.75, 3.05) is 6.54 Å². The molecule has 1 aliphatic rings. The van der Waals surface area contributed by atoms with E-state index in [2.05, 4.69) is 20.9 Å². The number of hydrogen-bond donors (Lipinski definition) is 2. The van der Waals surface area contributed by atoms with Gasteiger partial charge in [0.2, 0.25) is 0 Å². The van der Waals surface area contributed by atoms with Crippen LogP contribution < -0.4 is 0 Å². The molecule has 0 radical (unpaired) electrons. The average Bonchev–Trinajstić information content (AvgIpc) is 3.52. The summed E-state index contributed by atoms with van der Waals surface area (Å²) in [5, 5.41) is 14.1. The quantitative estimate of drug-likeness (QED) is 0.208. The largest absolute Gasteiger partial charge is 0.507 e. The maximum Gasteiger partial charge on any atom is 0.295 e. The highest BCUT2D eigenvalue weighted by atomic mass is 79.9. The molecule has 32 heavy (non-hydrogen) atoms. The zero-order valence-electron chi connectivity index (χ0n) is 16.9. The Balaban J connectivity index is 1.53. The first kappa shape index (κ1) is 20.7. The third-order valence-corrected chi connectivity index (χ3v) is 7.22. The molecular weight excluding hydrogens is 488 g/mol. The van der Waals surface area contributed by atoms with Crippen LogP contribution in [-0.4, -0.2) is 33.2 Å². The summed E-state index contributed by atoms with van der Waals surface area (Å²) in [6, 6.07) is 18.2. The Labute approximate surface area is 197 Å². The topological polar surface area (TPSA) is 73.4 Å². The van der Waals surface area contributed by atoms with E-state index in [-0.39, 0.29) is 11.3 Å². The minimum atomic E-state index is -0.650. The zero-order valence-corrected chi connectivity index (χ0v) is 19.3. The Morgan fingerprint density at radius 2 is 1.84 bits per heavy atom. The van der Waals surface area contributed by atoms with Crippen LogP contribution in [-0.2, 0) is 16.0 Å². The van der Waals surface area contributed by atoms with E-state index in [0.29, 0.717) is 18.5 Å². The number of aromatic amines is 1. The number of para-hydroxylation sites is 1. The lowest BCUT2D eigenvalue weighted by molar-refractivity contribution is -0.139. The predicted octanol–water partition coefficient (Wildman–Crippen LogP) is 5.66. The van der Waals surface area contributed by atoms with Gasteiger partial charge >= 0.3 is 0 Å². The van der Waals surface area contributed by atoms with E-state index >= 15 is 0 Å². The van der Waals surface area contributed by atoms with E-state index in [1.165, 1.54) is 11.3 Å². The number of fused-ring (bicyclic) bond motifs is 1. The van der Waals surface area contributed by atoms with Gasteiger partial charge in [0.1, 0.15) is 5.76 Å². The normalized spacial score (nSPS) is 18.0. The van der Waals surface area contributed by atoms with Crippen molar-refractivity contribution >= 4 is 55.6 Å². The first-order chi connectivity index (χ1) is 15.5. The zero-order chi connectivity index (χ0) is 22.2. The Bertz CT molecular complexity index is 1340. The van der Waals surface area contributed by atoms with Crippen molar-refractivity contribution in [3.63, 3.8) is 0 Å². The lowest BCUT2D eigenvalue weighted by Gasteiger charge is -2.24. The summed E-state index contributed by atoms with van der Waals surface area (Å²) >= 11 is 4.85. The molecule has 5 rings (SSSR count). The van der Waals surface area contributed by atoms with Crippen molar-refractivity contribution in [1.29, 1.82) is 0 Å². The standard InChI is InChI=1S/C25H19BrN2O3S/c26-17-9-7-15(8-10-17)23(29)21-22(20-6-3-13-32-20)28(25(31)24(21)30)12-11-16-14-27-19-5-2-1-4-18(16)19/h1-10,13-14,22,27,29H,11-12H2. The number of H-pyrrole nitrogens is 1. The molecule has 3 heterocycles. The number of amides is 1. The molecule has 1 fully saturated rings. The van der Waals surface area contributed by atoms with Crippen molar-refractivity contribution in [2.24, 2.45) is 0 Å². The number of hydrogen-bond acceptors (Lipinski definition) is 4. The summed E-state index contributed by atoms with van der Waals surface area (Å²) in [5.41, 5.74) is 2.76. The minimum Gasteiger partial charge on any atom is -0.507 e. The van der Waals surface area contributed by atoms with Gasteiger partial charge in [0, 0.05) is 38.6 Å². The van der Waals surface area contributed by atoms with Gasteiger partial charge < -0.3 is 15.0 Å². The van der Waals surface area contributed by atoms with E-state index in [1.807, 2.05) is 48.0 Å². The van der Waals surface area contributed by atoms with Crippen LogP contribution in [0.2, 0.25) is 0 Å². The smallest absolute Gasteiger partial charge is 0.295 e. The molecule has 4 aromatic rings. The molecule has 0 bridgehead atoms. The van der Waals surface area contributed by atoms with Gasteiger partial charge in [-0.2, -0.15) is 0 Å². The SMILES string of the molecule is O=C1C(=O)N(CCc2c[nH]c3ccccc23)C(c2cccs2)C1=C(O)c1ccc(Br)cc1. The van der Waals surface area contributed by atoms with Gasteiger partial charge in [0.05, 0.1) is 11.6 Å². The molecule has 1 unspecified atom stereocenters. The molecule has 160 valence electrons. The van der Waals surface area contributed by atoms with Crippen LogP contribution >= 0.6 is 27.3 Å². The summed E-state index contributed by atoms with van der Waals surface area (Å²) in [6.45, 7) is 0.367. The number of ketones is 1. The Kier molecular flexibility index (Phi) is 5.45. The summed E-state index contributed by atoms with van der Waals surface area (Å²) in [6.07, 6.45) is 2.54. The van der Waals surface area contributed by atoms with Gasteiger partial charge in [-0.3, -0.25) is 9.59 Å². The maximum atomic E-state index is 13.1. The molecule has 0 saturated carbocycles. The third kappa shape index (κ3) is 3.57. The number of rotatable bonds is 5. The van der Waals surface area contributed by atoms with E-state index in [0.717, 1.165) is 25.8 Å². The molecule has 2 aromatic heterocycles. The average molecular weight is 507 g/mol. The second-order valence-corrected chi connectivity index (χ2v) is 9.52. The van der Waals surface area contributed by atoms with E-state index in [1.54, 1.807) is 29.2 Å². The molecule has 5 nitrogen and oxygen atoms in total. The highest BCUT2D eigenvalue weighted by Gasteiger charge is 2.46. The van der Waals surface area contributed by atoms with Gasteiger partial charge in [-0.25, -0.2) is 0 Å². The van der Waals surface area contributed by atoms with Crippen molar-refractivity contribution < 1.29 is 14.7 Å². The van der Waals surface area contributed by atoms with Crippen molar-refractivity contribution in [3.8, 4) is 0 Å². The number of carbonyl (C=O) groups excluding carboxylic acids is 2. The Hall–Kier alpha value is -3.16. The number of Topliss-reactive ketones (excluding diaryl/α,β-unsaturated/α-hetero) is 1. The van der Waals surface area contributed by atoms with Crippen LogP contribution in [0.1, 0.15) is 22.0 Å². The third-order valence-electron chi connectivity index (χ3n) is 5.77. The molecule has 1 atom stereocenters. The van der Waals surface area contributed by atoms with Crippen LogP contribution in [0.3, 0.4) is 0 Å². The highest BCUT2D eigenvalue weighted by molar-refractivity contribution is 9.10. The number of likely N-dealkylation sites (tertiary alicyclic amines) is 1. The van der Waals surface area contributed by atoms with Crippen LogP contribution in [0.5, 0.6) is 0 Å². The molecule has 1 saturated heterocycles. The molecule has 1 aliphatic heterocycles. The van der Waals surface area contributed by atoms with E-state index in [9.17, 15) is 14.7 Å². The molecular formula is C25H19BrN2O3S. The second kappa shape index (κ2) is 8.41. The van der Waals surface area contributed by atoms with Crippen LogP contribution in [0.25, 0.3) is 16.7 Å². The number of benzene rings is 2. The van der Waals surface area contributed by atoms with Gasteiger partial charge in [0.15, 0.2) is 0 Å². The number of halogens is 1. The van der Waals surface area contributed by atoms with Crippen molar-refractivity contribution in [3.05, 3.63) is 98.3 Å². The van der Waals surface area contributed by atoms with Crippen LogP contribution in [0, 0.1) is 0 Å². The number of thiophene rings is 1. The minimum absolute atomic E-state index is 0.138. The van der Waals surface area contributed by atoms with Crippen molar-refractivity contribution in [2.45, 2.75) is 12.5 Å². The summed E-state index contributed by atoms with van der Waals surface area (Å²) in [5.74, 6) is -1.38. The fraction of sp³-hybridized carbons (Fsp3) is 0.120. The van der Waals surface area contributed by atoms with Crippen LogP contribution in [0.4, 0.5) is 0 Å². The monoisotopic (exact) mass is 506 g/mol. The van der Waals surface area contributed by atoms with E-state index in [4.69, 9.17) is 0 Å². The first-order valence-corrected chi connectivity index (χ1v) is 11.8. The van der Waals surface area contributed by atoms with E-state index < -0.39 is 17.7 Å². The van der Waals surface area contributed by atoms with Gasteiger partial charge in [-0.05, 0) is 41.6 Å². The molecule has 0 spiro atoms. The Morgan fingerprint density at radius 1 is 1.06 bits per heavy atom. The van der Waals surface area contributed by atoms with Crippen LogP contribution in [0.15, 0.2) is 82.3 Å². The fourth-order valence-corrected chi connectivity index (χ4v) is 5.31. The fourth-order valence-electron chi connectivity index (χ4n) is 4.20. The molecule has 7 heteroatoms. The number of aliphatic hydroxyl groups is 1. The van der Waals surface area contributed by atoms with Gasteiger partial charge in [0.25, 0.3) is 11.7 Å². The predicted molar refractivity (Wildman–Crippen MR) is 129 cm³/mol. The van der Waals surface area contributed by atoms with Crippen molar-refractivity contribution in [1.82, 2.24) is 9.88 Å². The second-order valence-electron chi connectivity index (χ2n) is 7.62. The maximum absolute atomic E-state index is 13.1. The molecule has 2 N–H and O–H groups in total. The number of nitrogens with zero attached hydrogens (tertiary/aromatic N) is 1. The number of aliphatic hydroxyl groups excluding tert-OH is 1. The summed E-state index contributed by atoms with van der Waals surface area (Å²) in [4.78, 5) is 31.8. The number of aromatic nitrogens is 1.